The number of piperidine rings is 1. The molecule has 3 saturated heterocycles. The predicted molar refractivity (Wildman–Crippen MR) is 113 cm³/mol. The van der Waals surface area contributed by atoms with Crippen LogP contribution in [-0.4, -0.2) is 80.9 Å². The smallest absolute Gasteiger partial charge is 0.335 e. The number of amides is 2. The van der Waals surface area contributed by atoms with Crippen molar-refractivity contribution in [1.82, 2.24) is 14.7 Å². The molecule has 1 aliphatic carbocycles. The number of nitrogens with two attached hydrogens (primary N) is 1. The van der Waals surface area contributed by atoms with Gasteiger partial charge in [0.05, 0.1) is 29.8 Å². The summed E-state index contributed by atoms with van der Waals surface area (Å²) >= 11 is 0. The number of nitriles is 1. The van der Waals surface area contributed by atoms with E-state index >= 15 is 0 Å². The number of fused-ring (bicyclic) bond motifs is 3. The maximum absolute atomic E-state index is 13.2. The molecule has 3 N–H and O–H groups in total. The fraction of sp³-hybridized carbons (Fsp3) is 0.565. The van der Waals surface area contributed by atoms with Gasteiger partial charge in [0.2, 0.25) is 11.8 Å². The van der Waals surface area contributed by atoms with E-state index in [0.29, 0.717) is 25.4 Å². The van der Waals surface area contributed by atoms with E-state index < -0.39 is 12.0 Å². The fourth-order valence-electron chi connectivity index (χ4n) is 5.90. The van der Waals surface area contributed by atoms with Gasteiger partial charge in [0.25, 0.3) is 0 Å². The Hall–Kier alpha value is -2.96. The molecule has 2 amide bonds. The number of rotatable bonds is 6. The highest BCUT2D eigenvalue weighted by Crippen LogP contribution is 2.48. The zero-order valence-corrected chi connectivity index (χ0v) is 17.9. The monoisotopic (exact) mass is 437 g/mol. The SMILES string of the molecule is C[C@H](c1cccc(C(=O)O)c1)N1C(=O)[C@H]2C[C@@H]1CN2C[C@H](N)C(=O)N1C2C[C@H]2C[C@H]1C#N. The lowest BCUT2D eigenvalue weighted by molar-refractivity contribution is -0.141. The maximum atomic E-state index is 13.2. The highest BCUT2D eigenvalue weighted by Gasteiger charge is 2.56. The molecule has 4 fully saturated rings. The average molecular weight is 438 g/mol. The van der Waals surface area contributed by atoms with Crippen molar-refractivity contribution in [2.45, 2.75) is 62.4 Å². The minimum atomic E-state index is -0.993. The van der Waals surface area contributed by atoms with Gasteiger partial charge < -0.3 is 20.6 Å². The zero-order valence-electron chi connectivity index (χ0n) is 17.9. The van der Waals surface area contributed by atoms with Crippen LogP contribution < -0.4 is 5.73 Å². The highest BCUT2D eigenvalue weighted by molar-refractivity contribution is 5.89. The van der Waals surface area contributed by atoms with E-state index in [0.717, 1.165) is 18.4 Å². The van der Waals surface area contributed by atoms with Gasteiger partial charge in [-0.05, 0) is 49.8 Å². The third-order valence-corrected chi connectivity index (χ3v) is 7.60. The molecule has 3 heterocycles. The first-order valence-electron chi connectivity index (χ1n) is 11.2. The third kappa shape index (κ3) is 3.26. The molecule has 9 heteroatoms. The molecular weight excluding hydrogens is 410 g/mol. The van der Waals surface area contributed by atoms with Crippen LogP contribution in [0.1, 0.15) is 48.1 Å². The van der Waals surface area contributed by atoms with Crippen LogP contribution in [0.2, 0.25) is 0 Å². The molecule has 7 atom stereocenters. The number of nitrogens with zero attached hydrogens (tertiary/aromatic N) is 4. The molecule has 32 heavy (non-hydrogen) atoms. The quantitative estimate of drug-likeness (QED) is 0.665. The van der Waals surface area contributed by atoms with Crippen LogP contribution in [0.15, 0.2) is 24.3 Å². The first kappa shape index (κ1) is 20.9. The van der Waals surface area contributed by atoms with E-state index in [1.807, 2.05) is 22.8 Å². The zero-order chi connectivity index (χ0) is 22.7. The van der Waals surface area contributed by atoms with Crippen molar-refractivity contribution < 1.29 is 19.5 Å². The van der Waals surface area contributed by atoms with Gasteiger partial charge in [-0.25, -0.2) is 4.79 Å². The largest absolute Gasteiger partial charge is 0.478 e. The lowest BCUT2D eigenvalue weighted by Gasteiger charge is -2.38. The number of piperazine rings is 1. The van der Waals surface area contributed by atoms with Crippen LogP contribution in [0.4, 0.5) is 0 Å². The molecular formula is C23H27N5O4. The van der Waals surface area contributed by atoms with Crippen LogP contribution in [0.5, 0.6) is 0 Å². The lowest BCUT2D eigenvalue weighted by atomic mass is 10.0. The maximum Gasteiger partial charge on any atom is 0.335 e. The summed E-state index contributed by atoms with van der Waals surface area (Å²) in [6, 6.07) is 7.39. The van der Waals surface area contributed by atoms with Crippen molar-refractivity contribution in [3.63, 3.8) is 0 Å². The minimum absolute atomic E-state index is 0.00439. The van der Waals surface area contributed by atoms with Crippen LogP contribution in [-0.2, 0) is 9.59 Å². The predicted octanol–water partition coefficient (Wildman–Crippen LogP) is 0.571. The molecule has 0 spiro atoms. The van der Waals surface area contributed by atoms with Gasteiger partial charge in [0.15, 0.2) is 0 Å². The van der Waals surface area contributed by atoms with Crippen molar-refractivity contribution in [1.29, 1.82) is 5.26 Å². The summed E-state index contributed by atoms with van der Waals surface area (Å²) in [4.78, 5) is 42.9. The minimum Gasteiger partial charge on any atom is -0.478 e. The first-order chi connectivity index (χ1) is 15.3. The number of hydrogen-bond acceptors (Lipinski definition) is 6. The number of carboxylic acid groups (broad SMARTS) is 1. The Kier molecular flexibility index (Phi) is 4.95. The van der Waals surface area contributed by atoms with Gasteiger partial charge in [0, 0.05) is 25.2 Å². The number of carbonyl (C=O) groups is 3. The number of carboxylic acids is 1. The topological polar surface area (TPSA) is 131 Å². The number of aromatic carboxylic acids is 1. The lowest BCUT2D eigenvalue weighted by Crippen LogP contribution is -2.57. The highest BCUT2D eigenvalue weighted by atomic mass is 16.4. The molecule has 3 aliphatic heterocycles. The van der Waals surface area contributed by atoms with Gasteiger partial charge in [0.1, 0.15) is 6.04 Å². The summed E-state index contributed by atoms with van der Waals surface area (Å²) in [5.74, 6) is -0.748. The summed E-state index contributed by atoms with van der Waals surface area (Å²) in [5.41, 5.74) is 7.25. The van der Waals surface area contributed by atoms with E-state index in [4.69, 9.17) is 5.73 Å². The number of carbonyl (C=O) groups excluding carboxylic acids is 2. The normalized spacial score (nSPS) is 32.5. The summed E-state index contributed by atoms with van der Waals surface area (Å²) in [5, 5.41) is 18.6. The van der Waals surface area contributed by atoms with Gasteiger partial charge in [-0.2, -0.15) is 5.26 Å². The van der Waals surface area contributed by atoms with Crippen molar-refractivity contribution in [3.05, 3.63) is 35.4 Å². The Bertz CT molecular complexity index is 1020. The molecule has 0 radical (unpaired) electrons. The van der Waals surface area contributed by atoms with Crippen molar-refractivity contribution >= 4 is 17.8 Å². The first-order valence-corrected chi connectivity index (χ1v) is 11.2. The van der Waals surface area contributed by atoms with Crippen LogP contribution in [0, 0.1) is 17.2 Å². The third-order valence-electron chi connectivity index (χ3n) is 7.60. The number of hydrogen-bond donors (Lipinski definition) is 2. The van der Waals surface area contributed by atoms with Gasteiger partial charge >= 0.3 is 5.97 Å². The van der Waals surface area contributed by atoms with Crippen LogP contribution in [0.25, 0.3) is 0 Å². The Morgan fingerprint density at radius 1 is 1.31 bits per heavy atom. The summed E-state index contributed by atoms with van der Waals surface area (Å²) in [7, 11) is 0. The molecule has 168 valence electrons. The molecule has 1 saturated carbocycles. The van der Waals surface area contributed by atoms with Gasteiger partial charge in [-0.15, -0.1) is 0 Å². The molecule has 1 aromatic rings. The van der Waals surface area contributed by atoms with Crippen molar-refractivity contribution in [2.75, 3.05) is 13.1 Å². The summed E-state index contributed by atoms with van der Waals surface area (Å²) < 4.78 is 0. The van der Waals surface area contributed by atoms with Crippen molar-refractivity contribution in [2.24, 2.45) is 11.7 Å². The Balaban J connectivity index is 1.24. The molecule has 0 aromatic heterocycles. The second-order valence-electron chi connectivity index (χ2n) is 9.51. The van der Waals surface area contributed by atoms with E-state index in [-0.39, 0.29) is 47.6 Å². The van der Waals surface area contributed by atoms with Crippen LogP contribution in [0.3, 0.4) is 0 Å². The second-order valence-corrected chi connectivity index (χ2v) is 9.51. The molecule has 1 aromatic carbocycles. The second kappa shape index (κ2) is 7.57. The molecule has 1 unspecified atom stereocenters. The van der Waals surface area contributed by atoms with Gasteiger partial charge in [-0.3, -0.25) is 14.5 Å². The summed E-state index contributed by atoms with van der Waals surface area (Å²) in [6.45, 7) is 2.85. The molecule has 4 aliphatic rings. The Morgan fingerprint density at radius 2 is 2.09 bits per heavy atom. The number of benzene rings is 1. The van der Waals surface area contributed by atoms with Crippen LogP contribution >= 0.6 is 0 Å². The van der Waals surface area contributed by atoms with E-state index in [2.05, 4.69) is 6.07 Å². The van der Waals surface area contributed by atoms with E-state index in [9.17, 15) is 24.8 Å². The Labute approximate surface area is 186 Å². The molecule has 5 rings (SSSR count). The summed E-state index contributed by atoms with van der Waals surface area (Å²) in [6.07, 6.45) is 2.37. The molecule has 2 bridgehead atoms. The average Bonchev–Trinajstić information content (AvgIpc) is 3.11. The Morgan fingerprint density at radius 3 is 2.78 bits per heavy atom. The fourth-order valence-corrected chi connectivity index (χ4v) is 5.90. The van der Waals surface area contributed by atoms with E-state index in [1.165, 1.54) is 6.07 Å². The number of likely N-dealkylation sites (tertiary alicyclic amines) is 3. The standard InChI is InChI=1S/C23H27N5O4/c1-12(13-3-2-4-14(5-13)23(31)32)27-17-8-20(22(27)30)26(10-17)11-18(25)21(29)28-16(9-24)6-15-7-19(15)28/h2-5,12,15-20H,6-8,10-11,25H2,1H3,(H,31,32)/t12-,15-,16+,17-,18+,19?,20-/m1/s1. The molecule has 9 nitrogen and oxygen atoms in total. The van der Waals surface area contributed by atoms with Gasteiger partial charge in [-0.1, -0.05) is 12.1 Å². The van der Waals surface area contributed by atoms with E-state index in [1.54, 1.807) is 17.0 Å². The van der Waals surface area contributed by atoms with Crippen molar-refractivity contribution in [3.8, 4) is 6.07 Å².